The van der Waals surface area contributed by atoms with Gasteiger partial charge in [-0.05, 0) is 19.1 Å². The van der Waals surface area contributed by atoms with Crippen LogP contribution < -0.4 is 4.90 Å². The summed E-state index contributed by atoms with van der Waals surface area (Å²) in [5, 5.41) is 3.86. The topological polar surface area (TPSA) is 69.9 Å². The number of aryl methyl sites for hydroxylation is 1. The van der Waals surface area contributed by atoms with Crippen molar-refractivity contribution < 1.29 is 12.9 Å². The molecule has 0 unspecified atom stereocenters. The van der Waals surface area contributed by atoms with Crippen molar-refractivity contribution in [3.8, 4) is 0 Å². The highest BCUT2D eigenvalue weighted by Gasteiger charge is 2.33. The standard InChI is InChI=1S/C18H24N4O3S/c1-15-18(17(25-19-15)9-10-20(2)3)26(23,24)22-13-11-21(12-14-22)16-7-5-4-6-8-16/h4-10H,11-14H2,1-3H3/b10-9+. The fourth-order valence-corrected chi connectivity index (χ4v) is 4.64. The van der Waals surface area contributed by atoms with E-state index in [2.05, 4.69) is 10.1 Å². The highest BCUT2D eigenvalue weighted by atomic mass is 32.2. The summed E-state index contributed by atoms with van der Waals surface area (Å²) >= 11 is 0. The minimum Gasteiger partial charge on any atom is -0.383 e. The summed E-state index contributed by atoms with van der Waals surface area (Å²) in [6, 6.07) is 10.0. The number of nitrogens with zero attached hydrogens (tertiary/aromatic N) is 4. The molecular weight excluding hydrogens is 352 g/mol. The summed E-state index contributed by atoms with van der Waals surface area (Å²) in [5.41, 5.74) is 1.49. The Kier molecular flexibility index (Phi) is 5.33. The molecule has 0 atom stereocenters. The lowest BCUT2D eigenvalue weighted by molar-refractivity contribution is 0.382. The van der Waals surface area contributed by atoms with Gasteiger partial charge in [-0.25, -0.2) is 8.42 Å². The lowest BCUT2D eigenvalue weighted by atomic mass is 10.2. The minimum absolute atomic E-state index is 0.156. The molecule has 7 nitrogen and oxygen atoms in total. The zero-order chi connectivity index (χ0) is 18.7. The van der Waals surface area contributed by atoms with Gasteiger partial charge in [0.05, 0.1) is 0 Å². The van der Waals surface area contributed by atoms with Gasteiger partial charge in [-0.1, -0.05) is 23.4 Å². The maximum atomic E-state index is 13.1. The predicted molar refractivity (Wildman–Crippen MR) is 101 cm³/mol. The van der Waals surface area contributed by atoms with Gasteiger partial charge in [-0.15, -0.1) is 0 Å². The monoisotopic (exact) mass is 376 g/mol. The van der Waals surface area contributed by atoms with Crippen molar-refractivity contribution in [2.24, 2.45) is 0 Å². The van der Waals surface area contributed by atoms with Gasteiger partial charge in [-0.2, -0.15) is 4.31 Å². The minimum atomic E-state index is -3.65. The fraction of sp³-hybridized carbons (Fsp3) is 0.389. The van der Waals surface area contributed by atoms with Crippen molar-refractivity contribution in [1.29, 1.82) is 0 Å². The Morgan fingerprint density at radius 2 is 1.77 bits per heavy atom. The molecule has 1 aromatic heterocycles. The molecule has 2 aromatic rings. The molecule has 140 valence electrons. The number of hydrogen-bond donors (Lipinski definition) is 0. The first-order chi connectivity index (χ1) is 12.4. The van der Waals surface area contributed by atoms with E-state index < -0.39 is 10.0 Å². The molecule has 0 spiro atoms. The second-order valence-electron chi connectivity index (χ2n) is 6.47. The summed E-state index contributed by atoms with van der Waals surface area (Å²) in [5.74, 6) is 0.265. The predicted octanol–water partition coefficient (Wildman–Crippen LogP) is 2.03. The molecule has 2 heterocycles. The number of hydrogen-bond acceptors (Lipinski definition) is 6. The van der Waals surface area contributed by atoms with Crippen LogP contribution in [0.2, 0.25) is 0 Å². The Morgan fingerprint density at radius 3 is 2.38 bits per heavy atom. The first-order valence-electron chi connectivity index (χ1n) is 8.50. The Hall–Kier alpha value is -2.32. The van der Waals surface area contributed by atoms with E-state index in [1.165, 1.54) is 4.31 Å². The third-order valence-corrected chi connectivity index (χ3v) is 6.37. The second-order valence-corrected chi connectivity index (χ2v) is 8.34. The summed E-state index contributed by atoms with van der Waals surface area (Å²) in [4.78, 5) is 4.16. The van der Waals surface area contributed by atoms with Crippen LogP contribution in [0.1, 0.15) is 11.5 Å². The van der Waals surface area contributed by atoms with Crippen molar-refractivity contribution >= 4 is 21.8 Å². The van der Waals surface area contributed by atoms with Gasteiger partial charge in [0.25, 0.3) is 0 Å². The maximum absolute atomic E-state index is 13.1. The van der Waals surface area contributed by atoms with Crippen molar-refractivity contribution in [2.75, 3.05) is 45.2 Å². The van der Waals surface area contributed by atoms with Gasteiger partial charge in [-0.3, -0.25) is 0 Å². The molecule has 0 N–H and O–H groups in total. The molecule has 0 saturated carbocycles. The number of sulfonamides is 1. The normalized spacial score (nSPS) is 16.3. The van der Waals surface area contributed by atoms with Crippen LogP contribution in [0, 0.1) is 6.92 Å². The van der Waals surface area contributed by atoms with Crippen LogP contribution in [0.4, 0.5) is 5.69 Å². The van der Waals surface area contributed by atoms with Crippen molar-refractivity contribution in [2.45, 2.75) is 11.8 Å². The second kappa shape index (κ2) is 7.51. The van der Waals surface area contributed by atoms with Gasteiger partial charge < -0.3 is 14.3 Å². The van der Waals surface area contributed by atoms with E-state index in [1.807, 2.05) is 49.3 Å². The van der Waals surface area contributed by atoms with Gasteiger partial charge >= 0.3 is 0 Å². The number of piperazine rings is 1. The van der Waals surface area contributed by atoms with E-state index in [-0.39, 0.29) is 10.7 Å². The summed E-state index contributed by atoms with van der Waals surface area (Å²) in [6.07, 6.45) is 3.37. The van der Waals surface area contributed by atoms with E-state index in [9.17, 15) is 8.42 Å². The average Bonchev–Trinajstić information content (AvgIpc) is 3.02. The summed E-state index contributed by atoms with van der Waals surface area (Å²) in [6.45, 7) is 3.81. The van der Waals surface area contributed by atoms with E-state index in [1.54, 1.807) is 19.2 Å². The summed E-state index contributed by atoms with van der Waals surface area (Å²) < 4.78 is 33.0. The number of anilines is 1. The van der Waals surface area contributed by atoms with Crippen LogP contribution in [-0.4, -0.2) is 63.1 Å². The molecule has 0 aliphatic carbocycles. The first-order valence-corrected chi connectivity index (χ1v) is 9.94. The third kappa shape index (κ3) is 3.76. The van der Waals surface area contributed by atoms with Gasteiger partial charge in [0.2, 0.25) is 10.0 Å². The van der Waals surface area contributed by atoms with Crippen LogP contribution in [0.25, 0.3) is 6.08 Å². The Morgan fingerprint density at radius 1 is 1.12 bits per heavy atom. The van der Waals surface area contributed by atoms with Crippen LogP contribution in [-0.2, 0) is 10.0 Å². The lowest BCUT2D eigenvalue weighted by Gasteiger charge is -2.35. The van der Waals surface area contributed by atoms with Gasteiger partial charge in [0.15, 0.2) is 10.7 Å². The third-order valence-electron chi connectivity index (χ3n) is 4.32. The number of aromatic nitrogens is 1. The zero-order valence-corrected chi connectivity index (χ0v) is 16.1. The molecule has 26 heavy (non-hydrogen) atoms. The van der Waals surface area contributed by atoms with Gasteiger partial charge in [0, 0.05) is 58.2 Å². The molecule has 1 aromatic carbocycles. The highest BCUT2D eigenvalue weighted by molar-refractivity contribution is 7.89. The Balaban J connectivity index is 1.79. The SMILES string of the molecule is Cc1noc(/C=C/N(C)C)c1S(=O)(=O)N1CCN(c2ccccc2)CC1. The molecule has 1 aliphatic rings. The Labute approximate surface area is 154 Å². The van der Waals surface area contributed by atoms with Gasteiger partial charge in [0.1, 0.15) is 5.69 Å². The molecule has 1 fully saturated rings. The van der Waals surface area contributed by atoms with Crippen molar-refractivity contribution in [3.63, 3.8) is 0 Å². The van der Waals surface area contributed by atoms with Crippen LogP contribution in [0.15, 0.2) is 46.0 Å². The highest BCUT2D eigenvalue weighted by Crippen LogP contribution is 2.27. The molecule has 8 heteroatoms. The van der Waals surface area contributed by atoms with Crippen LogP contribution in [0.3, 0.4) is 0 Å². The largest absolute Gasteiger partial charge is 0.383 e. The number of rotatable bonds is 5. The van der Waals surface area contributed by atoms with Crippen molar-refractivity contribution in [3.05, 3.63) is 48.0 Å². The van der Waals surface area contributed by atoms with E-state index in [0.29, 0.717) is 31.9 Å². The molecular formula is C18H24N4O3S. The van der Waals surface area contributed by atoms with E-state index in [0.717, 1.165) is 5.69 Å². The quantitative estimate of drug-likeness (QED) is 0.795. The average molecular weight is 376 g/mol. The Bertz CT molecular complexity index is 867. The summed E-state index contributed by atoms with van der Waals surface area (Å²) in [7, 11) is 0.0628. The smallest absolute Gasteiger partial charge is 0.248 e. The lowest BCUT2D eigenvalue weighted by Crippen LogP contribution is -2.48. The van der Waals surface area contributed by atoms with E-state index >= 15 is 0 Å². The number of benzene rings is 1. The van der Waals surface area contributed by atoms with Crippen molar-refractivity contribution in [1.82, 2.24) is 14.4 Å². The molecule has 1 saturated heterocycles. The fourth-order valence-electron chi connectivity index (χ4n) is 2.97. The molecule has 0 amide bonds. The zero-order valence-electron chi connectivity index (χ0n) is 15.3. The maximum Gasteiger partial charge on any atom is 0.248 e. The first kappa shape index (κ1) is 18.5. The molecule has 0 radical (unpaired) electrons. The van der Waals surface area contributed by atoms with E-state index in [4.69, 9.17) is 4.52 Å². The molecule has 0 bridgehead atoms. The van der Waals surface area contributed by atoms with Crippen LogP contribution >= 0.6 is 0 Å². The number of para-hydroxylation sites is 1. The molecule has 3 rings (SSSR count). The van der Waals surface area contributed by atoms with Crippen LogP contribution in [0.5, 0.6) is 0 Å². The molecule has 1 aliphatic heterocycles.